The molecular weight excluding hydrogens is 232 g/mol. The molecular formula is C13H24N2O3. The average Bonchev–Trinajstić information content (AvgIpc) is 2.40. The van der Waals surface area contributed by atoms with Gasteiger partial charge >= 0.3 is 5.97 Å². The fraction of sp³-hybridized carbons (Fsp3) is 0.923. The van der Waals surface area contributed by atoms with E-state index in [0.717, 1.165) is 39.0 Å². The standard InChI is InChI=1S/C13H24N2O3/c1-2-5-14-6-3-11(4-7-14)15-8-9-18-10-12(15)13(16)17/h11-12H,2-10H2,1H3,(H,16,17). The minimum absolute atomic E-state index is 0.338. The molecule has 0 radical (unpaired) electrons. The largest absolute Gasteiger partial charge is 0.480 e. The normalized spacial score (nSPS) is 28.4. The van der Waals surface area contributed by atoms with Crippen molar-refractivity contribution in [2.45, 2.75) is 38.3 Å². The van der Waals surface area contributed by atoms with Gasteiger partial charge in [-0.2, -0.15) is 0 Å². The lowest BCUT2D eigenvalue weighted by Gasteiger charge is -2.42. The van der Waals surface area contributed by atoms with Gasteiger partial charge in [-0.05, 0) is 38.9 Å². The summed E-state index contributed by atoms with van der Waals surface area (Å²) in [5.41, 5.74) is 0. The molecule has 0 aromatic rings. The highest BCUT2D eigenvalue weighted by Gasteiger charge is 2.35. The first-order valence-electron chi connectivity index (χ1n) is 7.01. The molecule has 0 aromatic carbocycles. The molecule has 2 aliphatic heterocycles. The van der Waals surface area contributed by atoms with Crippen LogP contribution >= 0.6 is 0 Å². The summed E-state index contributed by atoms with van der Waals surface area (Å²) in [5.74, 6) is -0.745. The fourth-order valence-electron chi connectivity index (χ4n) is 3.06. The molecule has 5 nitrogen and oxygen atoms in total. The summed E-state index contributed by atoms with van der Waals surface area (Å²) in [6.07, 6.45) is 3.37. The van der Waals surface area contributed by atoms with Gasteiger partial charge in [-0.1, -0.05) is 6.92 Å². The topological polar surface area (TPSA) is 53.0 Å². The van der Waals surface area contributed by atoms with Gasteiger partial charge in [-0.3, -0.25) is 9.69 Å². The number of likely N-dealkylation sites (tertiary alicyclic amines) is 1. The van der Waals surface area contributed by atoms with Gasteiger partial charge in [-0.25, -0.2) is 0 Å². The van der Waals surface area contributed by atoms with Crippen LogP contribution in [0.2, 0.25) is 0 Å². The molecule has 0 saturated carbocycles. The molecule has 1 N–H and O–H groups in total. The van der Waals surface area contributed by atoms with Crippen molar-refractivity contribution in [3.8, 4) is 0 Å². The molecule has 104 valence electrons. The van der Waals surface area contributed by atoms with Gasteiger partial charge < -0.3 is 14.7 Å². The number of carbonyl (C=O) groups is 1. The summed E-state index contributed by atoms with van der Waals surface area (Å²) in [6.45, 7) is 7.33. The Balaban J connectivity index is 1.88. The van der Waals surface area contributed by atoms with Crippen molar-refractivity contribution in [1.29, 1.82) is 0 Å². The van der Waals surface area contributed by atoms with Crippen LogP contribution in [0.5, 0.6) is 0 Å². The molecule has 2 rings (SSSR count). The van der Waals surface area contributed by atoms with Gasteiger partial charge in [0, 0.05) is 12.6 Å². The fourth-order valence-corrected chi connectivity index (χ4v) is 3.06. The minimum atomic E-state index is -0.745. The average molecular weight is 256 g/mol. The Bertz CT molecular complexity index is 277. The number of carboxylic acids is 1. The van der Waals surface area contributed by atoms with Gasteiger partial charge in [0.25, 0.3) is 0 Å². The quantitative estimate of drug-likeness (QED) is 0.800. The monoisotopic (exact) mass is 256 g/mol. The SMILES string of the molecule is CCCN1CCC(N2CCOCC2C(=O)O)CC1. The number of carboxylic acid groups (broad SMARTS) is 1. The number of hydrogen-bond donors (Lipinski definition) is 1. The van der Waals surface area contributed by atoms with E-state index < -0.39 is 12.0 Å². The second-order valence-corrected chi connectivity index (χ2v) is 5.24. The van der Waals surface area contributed by atoms with Gasteiger partial charge in [0.05, 0.1) is 13.2 Å². The van der Waals surface area contributed by atoms with Gasteiger partial charge in [0.2, 0.25) is 0 Å². The van der Waals surface area contributed by atoms with E-state index in [9.17, 15) is 9.90 Å². The van der Waals surface area contributed by atoms with Crippen LogP contribution < -0.4 is 0 Å². The number of aliphatic carboxylic acids is 1. The smallest absolute Gasteiger partial charge is 0.323 e. The molecule has 1 atom stereocenters. The van der Waals surface area contributed by atoms with Crippen molar-refractivity contribution in [1.82, 2.24) is 9.80 Å². The van der Waals surface area contributed by atoms with Gasteiger partial charge in [-0.15, -0.1) is 0 Å². The predicted octanol–water partition coefficient (Wildman–Crippen LogP) is 0.646. The molecule has 2 heterocycles. The highest BCUT2D eigenvalue weighted by molar-refractivity contribution is 5.73. The van der Waals surface area contributed by atoms with E-state index in [4.69, 9.17) is 4.74 Å². The molecule has 5 heteroatoms. The maximum Gasteiger partial charge on any atom is 0.323 e. The summed E-state index contributed by atoms with van der Waals surface area (Å²) < 4.78 is 5.29. The number of rotatable bonds is 4. The van der Waals surface area contributed by atoms with E-state index in [1.807, 2.05) is 0 Å². The zero-order valence-electron chi connectivity index (χ0n) is 11.2. The molecule has 2 fully saturated rings. The van der Waals surface area contributed by atoms with Crippen molar-refractivity contribution < 1.29 is 14.6 Å². The van der Waals surface area contributed by atoms with Crippen molar-refractivity contribution in [3.63, 3.8) is 0 Å². The lowest BCUT2D eigenvalue weighted by Crippen LogP contribution is -2.56. The van der Waals surface area contributed by atoms with Crippen LogP contribution in [0.4, 0.5) is 0 Å². The minimum Gasteiger partial charge on any atom is -0.480 e. The highest BCUT2D eigenvalue weighted by atomic mass is 16.5. The number of nitrogens with zero attached hydrogens (tertiary/aromatic N) is 2. The van der Waals surface area contributed by atoms with Crippen LogP contribution in [0.25, 0.3) is 0 Å². The molecule has 0 spiro atoms. The Kier molecular flexibility index (Phi) is 4.97. The maximum absolute atomic E-state index is 11.2. The molecule has 2 aliphatic rings. The van der Waals surface area contributed by atoms with Crippen LogP contribution in [0.3, 0.4) is 0 Å². The van der Waals surface area contributed by atoms with Gasteiger partial charge in [0.15, 0.2) is 0 Å². The third kappa shape index (κ3) is 3.22. The molecule has 2 saturated heterocycles. The van der Waals surface area contributed by atoms with Crippen molar-refractivity contribution >= 4 is 5.97 Å². The summed E-state index contributed by atoms with van der Waals surface area (Å²) >= 11 is 0. The van der Waals surface area contributed by atoms with Crippen LogP contribution in [-0.4, -0.2) is 72.4 Å². The Labute approximate surface area is 109 Å². The van der Waals surface area contributed by atoms with E-state index >= 15 is 0 Å². The summed E-state index contributed by atoms with van der Waals surface area (Å²) in [6, 6.07) is -0.0235. The lowest BCUT2D eigenvalue weighted by atomic mass is 10.0. The second-order valence-electron chi connectivity index (χ2n) is 5.24. The van der Waals surface area contributed by atoms with Crippen molar-refractivity contribution in [2.24, 2.45) is 0 Å². The van der Waals surface area contributed by atoms with Gasteiger partial charge in [0.1, 0.15) is 6.04 Å². The van der Waals surface area contributed by atoms with E-state index in [0.29, 0.717) is 19.3 Å². The van der Waals surface area contributed by atoms with Crippen molar-refractivity contribution in [2.75, 3.05) is 39.4 Å². The second kappa shape index (κ2) is 6.50. The zero-order valence-corrected chi connectivity index (χ0v) is 11.2. The van der Waals surface area contributed by atoms with E-state index in [-0.39, 0.29) is 0 Å². The predicted molar refractivity (Wildman–Crippen MR) is 68.7 cm³/mol. The number of piperidine rings is 1. The van der Waals surface area contributed by atoms with E-state index in [1.165, 1.54) is 6.42 Å². The molecule has 0 aromatic heterocycles. The third-order valence-electron chi connectivity index (χ3n) is 4.02. The Morgan fingerprint density at radius 1 is 1.33 bits per heavy atom. The third-order valence-corrected chi connectivity index (χ3v) is 4.02. The van der Waals surface area contributed by atoms with E-state index in [2.05, 4.69) is 16.7 Å². The first-order chi connectivity index (χ1) is 8.72. The summed E-state index contributed by atoms with van der Waals surface area (Å²) in [5, 5.41) is 9.24. The first kappa shape index (κ1) is 13.8. The lowest BCUT2D eigenvalue weighted by molar-refractivity contribution is -0.152. The van der Waals surface area contributed by atoms with Crippen LogP contribution in [0, 0.1) is 0 Å². The Morgan fingerprint density at radius 3 is 2.67 bits per heavy atom. The molecule has 0 aliphatic carbocycles. The highest BCUT2D eigenvalue weighted by Crippen LogP contribution is 2.21. The molecule has 0 amide bonds. The van der Waals surface area contributed by atoms with E-state index in [1.54, 1.807) is 0 Å². The van der Waals surface area contributed by atoms with Crippen LogP contribution in [0.1, 0.15) is 26.2 Å². The number of hydrogen-bond acceptors (Lipinski definition) is 4. The molecule has 18 heavy (non-hydrogen) atoms. The van der Waals surface area contributed by atoms with Crippen LogP contribution in [-0.2, 0) is 9.53 Å². The maximum atomic E-state index is 11.2. The number of morpholine rings is 1. The zero-order chi connectivity index (χ0) is 13.0. The Hall–Kier alpha value is -0.650. The summed E-state index contributed by atoms with van der Waals surface area (Å²) in [4.78, 5) is 15.9. The molecule has 1 unspecified atom stereocenters. The van der Waals surface area contributed by atoms with Crippen LogP contribution in [0.15, 0.2) is 0 Å². The summed E-state index contributed by atoms with van der Waals surface area (Å²) in [7, 11) is 0. The number of ether oxygens (including phenoxy) is 1. The Morgan fingerprint density at radius 2 is 2.06 bits per heavy atom. The first-order valence-corrected chi connectivity index (χ1v) is 7.01. The van der Waals surface area contributed by atoms with Crippen molar-refractivity contribution in [3.05, 3.63) is 0 Å². The molecule has 0 bridgehead atoms.